The summed E-state index contributed by atoms with van der Waals surface area (Å²) in [6.07, 6.45) is 4.25. The van der Waals surface area contributed by atoms with Crippen LogP contribution in [-0.2, 0) is 11.8 Å². The molecular weight excluding hydrogens is 272 g/mol. The number of benzene rings is 1. The maximum absolute atomic E-state index is 11.7. The Morgan fingerprint density at radius 3 is 2.48 bits per heavy atom. The minimum atomic E-state index is -1.01. The van der Waals surface area contributed by atoms with E-state index >= 15 is 0 Å². The second kappa shape index (κ2) is 6.38. The number of urea groups is 1. The molecule has 0 unspecified atom stereocenters. The smallest absolute Gasteiger partial charge is 0.328 e. The third kappa shape index (κ3) is 4.50. The van der Waals surface area contributed by atoms with Gasteiger partial charge in [-0.15, -0.1) is 0 Å². The first-order valence-corrected chi connectivity index (χ1v) is 6.11. The fourth-order valence-corrected chi connectivity index (χ4v) is 1.61. The van der Waals surface area contributed by atoms with Gasteiger partial charge in [0.25, 0.3) is 0 Å². The van der Waals surface area contributed by atoms with Crippen molar-refractivity contribution < 1.29 is 14.7 Å². The molecule has 108 valence electrons. The van der Waals surface area contributed by atoms with Crippen LogP contribution in [0.4, 0.5) is 16.3 Å². The molecule has 0 fully saturated rings. The predicted molar refractivity (Wildman–Crippen MR) is 79.0 cm³/mol. The van der Waals surface area contributed by atoms with Crippen LogP contribution in [-0.4, -0.2) is 26.9 Å². The molecule has 7 heteroatoms. The largest absolute Gasteiger partial charge is 0.478 e. The van der Waals surface area contributed by atoms with Crippen LogP contribution in [0.5, 0.6) is 0 Å². The second-order valence-electron chi connectivity index (χ2n) is 4.25. The van der Waals surface area contributed by atoms with Gasteiger partial charge >= 0.3 is 12.0 Å². The van der Waals surface area contributed by atoms with Gasteiger partial charge in [0.2, 0.25) is 0 Å². The average Bonchev–Trinajstić information content (AvgIpc) is 2.83. The molecule has 1 aromatic heterocycles. The first kappa shape index (κ1) is 14.3. The van der Waals surface area contributed by atoms with Crippen molar-refractivity contribution in [2.75, 3.05) is 10.6 Å². The zero-order valence-electron chi connectivity index (χ0n) is 11.3. The molecule has 0 atom stereocenters. The average molecular weight is 286 g/mol. The van der Waals surface area contributed by atoms with Crippen LogP contribution in [0.25, 0.3) is 6.08 Å². The van der Waals surface area contributed by atoms with Crippen LogP contribution in [0, 0.1) is 0 Å². The zero-order chi connectivity index (χ0) is 15.2. The fourth-order valence-electron chi connectivity index (χ4n) is 1.61. The number of carboxylic acids is 1. The Labute approximate surface area is 120 Å². The third-order valence-electron chi connectivity index (χ3n) is 2.54. The van der Waals surface area contributed by atoms with Crippen molar-refractivity contribution in [3.63, 3.8) is 0 Å². The van der Waals surface area contributed by atoms with E-state index < -0.39 is 12.0 Å². The number of amides is 2. The number of aryl methyl sites for hydroxylation is 1. The number of carbonyl (C=O) groups is 2. The van der Waals surface area contributed by atoms with Gasteiger partial charge in [-0.25, -0.2) is 9.59 Å². The number of hydrogen-bond acceptors (Lipinski definition) is 3. The molecule has 3 N–H and O–H groups in total. The van der Waals surface area contributed by atoms with Crippen molar-refractivity contribution in [1.29, 1.82) is 0 Å². The Hall–Kier alpha value is -3.09. The summed E-state index contributed by atoms with van der Waals surface area (Å²) < 4.78 is 1.58. The molecule has 0 saturated carbocycles. The quantitative estimate of drug-likeness (QED) is 0.750. The summed E-state index contributed by atoms with van der Waals surface area (Å²) in [4.78, 5) is 22.1. The van der Waals surface area contributed by atoms with Gasteiger partial charge in [0.1, 0.15) is 0 Å². The van der Waals surface area contributed by atoms with Gasteiger partial charge in [-0.05, 0) is 23.8 Å². The number of aliphatic carboxylic acids is 1. The molecule has 2 amide bonds. The third-order valence-corrected chi connectivity index (χ3v) is 2.54. The molecule has 0 aliphatic rings. The van der Waals surface area contributed by atoms with Crippen LogP contribution in [0.1, 0.15) is 5.56 Å². The number of nitrogens with zero attached hydrogens (tertiary/aromatic N) is 2. The summed E-state index contributed by atoms with van der Waals surface area (Å²) in [5.41, 5.74) is 1.32. The number of nitrogens with one attached hydrogen (secondary N) is 2. The highest BCUT2D eigenvalue weighted by atomic mass is 16.4. The molecule has 0 spiro atoms. The Morgan fingerprint density at radius 1 is 1.19 bits per heavy atom. The Kier molecular flexibility index (Phi) is 4.35. The number of hydrogen-bond donors (Lipinski definition) is 3. The normalized spacial score (nSPS) is 10.5. The molecule has 7 nitrogen and oxygen atoms in total. The van der Waals surface area contributed by atoms with Crippen LogP contribution in [0.15, 0.2) is 42.6 Å². The minimum absolute atomic E-state index is 0.400. The highest BCUT2D eigenvalue weighted by Crippen LogP contribution is 2.11. The van der Waals surface area contributed by atoms with Gasteiger partial charge in [-0.2, -0.15) is 5.10 Å². The lowest BCUT2D eigenvalue weighted by molar-refractivity contribution is -0.131. The molecule has 2 aromatic rings. The summed E-state index contributed by atoms with van der Waals surface area (Å²) in [6.45, 7) is 0. The monoisotopic (exact) mass is 286 g/mol. The van der Waals surface area contributed by atoms with Gasteiger partial charge in [-0.3, -0.25) is 10.00 Å². The van der Waals surface area contributed by atoms with Crippen molar-refractivity contribution in [3.05, 3.63) is 48.2 Å². The first-order chi connectivity index (χ1) is 10.0. The van der Waals surface area contributed by atoms with Gasteiger partial charge in [-0.1, -0.05) is 12.1 Å². The molecule has 0 aliphatic heterocycles. The van der Waals surface area contributed by atoms with Crippen molar-refractivity contribution in [3.8, 4) is 0 Å². The van der Waals surface area contributed by atoms with Crippen LogP contribution in [0.2, 0.25) is 0 Å². The Bertz CT molecular complexity index is 674. The Balaban J connectivity index is 1.93. The maximum Gasteiger partial charge on any atom is 0.328 e. The molecule has 0 saturated heterocycles. The van der Waals surface area contributed by atoms with Crippen molar-refractivity contribution in [2.24, 2.45) is 7.05 Å². The standard InChI is InChI=1S/C14H14N4O3/c1-18-9-8-12(17-18)16-14(21)15-11-5-2-10(3-6-11)4-7-13(19)20/h2-9H,1H3,(H,19,20)(H2,15,16,17,21). The van der Waals surface area contributed by atoms with Gasteiger partial charge < -0.3 is 10.4 Å². The fraction of sp³-hybridized carbons (Fsp3) is 0.0714. The van der Waals surface area contributed by atoms with E-state index in [9.17, 15) is 9.59 Å². The Morgan fingerprint density at radius 2 is 1.90 bits per heavy atom. The lowest BCUT2D eigenvalue weighted by Gasteiger charge is -2.05. The molecule has 1 aromatic carbocycles. The number of carbonyl (C=O) groups excluding carboxylic acids is 1. The van der Waals surface area contributed by atoms with Gasteiger partial charge in [0.15, 0.2) is 5.82 Å². The summed E-state index contributed by atoms with van der Waals surface area (Å²) in [7, 11) is 1.76. The zero-order valence-corrected chi connectivity index (χ0v) is 11.3. The lowest BCUT2D eigenvalue weighted by atomic mass is 10.2. The molecule has 0 radical (unpaired) electrons. The summed E-state index contributed by atoms with van der Waals surface area (Å²) in [5, 5.41) is 17.8. The van der Waals surface area contributed by atoms with E-state index in [4.69, 9.17) is 5.11 Å². The maximum atomic E-state index is 11.7. The van der Waals surface area contributed by atoms with E-state index in [1.165, 1.54) is 6.08 Å². The van der Waals surface area contributed by atoms with E-state index in [2.05, 4.69) is 15.7 Å². The van der Waals surface area contributed by atoms with Crippen molar-refractivity contribution >= 4 is 29.6 Å². The predicted octanol–water partition coefficient (Wildman–Crippen LogP) is 2.16. The van der Waals surface area contributed by atoms with Crippen LogP contribution < -0.4 is 10.6 Å². The molecule has 0 aliphatic carbocycles. The molecule has 21 heavy (non-hydrogen) atoms. The summed E-state index contributed by atoms with van der Waals surface area (Å²) in [6, 6.07) is 8.05. The second-order valence-corrected chi connectivity index (χ2v) is 4.25. The van der Waals surface area contributed by atoms with Gasteiger partial charge in [0, 0.05) is 31.1 Å². The minimum Gasteiger partial charge on any atom is -0.478 e. The van der Waals surface area contributed by atoms with Gasteiger partial charge in [0.05, 0.1) is 0 Å². The highest BCUT2D eigenvalue weighted by molar-refractivity contribution is 5.99. The van der Waals surface area contributed by atoms with E-state index in [-0.39, 0.29) is 0 Å². The molecular formula is C14H14N4O3. The molecule has 1 heterocycles. The number of aromatic nitrogens is 2. The highest BCUT2D eigenvalue weighted by Gasteiger charge is 2.04. The summed E-state index contributed by atoms with van der Waals surface area (Å²) >= 11 is 0. The summed E-state index contributed by atoms with van der Waals surface area (Å²) in [5.74, 6) is -0.553. The molecule has 0 bridgehead atoms. The van der Waals surface area contributed by atoms with Crippen molar-refractivity contribution in [2.45, 2.75) is 0 Å². The van der Waals surface area contributed by atoms with Crippen LogP contribution >= 0.6 is 0 Å². The topological polar surface area (TPSA) is 96.2 Å². The molecule has 2 rings (SSSR count). The van der Waals surface area contributed by atoms with E-state index in [1.54, 1.807) is 48.3 Å². The van der Waals surface area contributed by atoms with Crippen LogP contribution in [0.3, 0.4) is 0 Å². The number of anilines is 2. The van der Waals surface area contributed by atoms with Crippen molar-refractivity contribution in [1.82, 2.24) is 9.78 Å². The number of carboxylic acid groups (broad SMARTS) is 1. The lowest BCUT2D eigenvalue weighted by Crippen LogP contribution is -2.19. The first-order valence-electron chi connectivity index (χ1n) is 6.11. The van der Waals surface area contributed by atoms with E-state index in [0.29, 0.717) is 11.5 Å². The van der Waals surface area contributed by atoms with E-state index in [1.807, 2.05) is 0 Å². The number of rotatable bonds is 4. The van der Waals surface area contributed by atoms with E-state index in [0.717, 1.165) is 11.6 Å². The SMILES string of the molecule is Cn1ccc(NC(=O)Nc2ccc(C=CC(=O)O)cc2)n1.